The summed E-state index contributed by atoms with van der Waals surface area (Å²) in [6.45, 7) is 3.97. The first-order valence-corrected chi connectivity index (χ1v) is 7.09. The lowest BCUT2D eigenvalue weighted by Gasteiger charge is -2.06. The normalized spacial score (nSPS) is 10.7. The molecule has 18 heavy (non-hydrogen) atoms. The molecular formula is C13H13BrN2OS. The van der Waals surface area contributed by atoms with Crippen molar-refractivity contribution in [3.05, 3.63) is 45.7 Å². The van der Waals surface area contributed by atoms with Gasteiger partial charge in [-0.3, -0.25) is 0 Å². The highest BCUT2D eigenvalue weighted by Crippen LogP contribution is 2.32. The molecule has 0 saturated carbocycles. The van der Waals surface area contributed by atoms with Gasteiger partial charge in [-0.2, -0.15) is 0 Å². The molecule has 5 heteroatoms. The number of rotatable bonds is 3. The maximum atomic E-state index is 9.06. The Morgan fingerprint density at radius 3 is 2.39 bits per heavy atom. The molecule has 0 aliphatic rings. The van der Waals surface area contributed by atoms with Crippen molar-refractivity contribution in [1.29, 1.82) is 0 Å². The van der Waals surface area contributed by atoms with Crippen molar-refractivity contribution < 1.29 is 5.11 Å². The molecular weight excluding hydrogens is 312 g/mol. The van der Waals surface area contributed by atoms with E-state index in [2.05, 4.69) is 25.9 Å². The van der Waals surface area contributed by atoms with Gasteiger partial charge in [-0.05, 0) is 65.3 Å². The van der Waals surface area contributed by atoms with Crippen molar-refractivity contribution in [3.63, 3.8) is 0 Å². The molecule has 0 saturated heterocycles. The summed E-state index contributed by atoms with van der Waals surface area (Å²) in [7, 11) is 0. The summed E-state index contributed by atoms with van der Waals surface area (Å²) in [5.41, 5.74) is 2.81. The second kappa shape index (κ2) is 5.82. The third-order valence-corrected chi connectivity index (χ3v) is 4.20. The molecule has 2 aromatic rings. The molecule has 1 N–H and O–H groups in total. The monoisotopic (exact) mass is 324 g/mol. The van der Waals surface area contributed by atoms with Crippen LogP contribution < -0.4 is 0 Å². The maximum Gasteiger partial charge on any atom is 0.192 e. The van der Waals surface area contributed by atoms with Gasteiger partial charge in [0.2, 0.25) is 0 Å². The molecule has 0 radical (unpaired) electrons. The molecule has 0 unspecified atom stereocenters. The number of nitrogens with zero attached hydrogens (tertiary/aromatic N) is 2. The van der Waals surface area contributed by atoms with Crippen LogP contribution >= 0.6 is 27.7 Å². The molecule has 0 atom stereocenters. The predicted molar refractivity (Wildman–Crippen MR) is 75.7 cm³/mol. The SMILES string of the molecule is Cc1cc(C)nc(Sc2ccc(CO)cc2Br)n1. The largest absolute Gasteiger partial charge is 0.392 e. The van der Waals surface area contributed by atoms with E-state index in [1.54, 1.807) is 0 Å². The number of aliphatic hydroxyl groups excluding tert-OH is 1. The van der Waals surface area contributed by atoms with Crippen LogP contribution in [0.1, 0.15) is 17.0 Å². The number of halogens is 1. The molecule has 0 fully saturated rings. The lowest BCUT2D eigenvalue weighted by atomic mass is 10.2. The van der Waals surface area contributed by atoms with Gasteiger partial charge in [0.05, 0.1) is 6.61 Å². The quantitative estimate of drug-likeness (QED) is 0.878. The number of benzene rings is 1. The smallest absolute Gasteiger partial charge is 0.192 e. The fraction of sp³-hybridized carbons (Fsp3) is 0.231. The molecule has 0 aliphatic heterocycles. The molecule has 2 rings (SSSR count). The first-order chi connectivity index (χ1) is 8.58. The highest BCUT2D eigenvalue weighted by Gasteiger charge is 2.06. The van der Waals surface area contributed by atoms with Gasteiger partial charge in [0.25, 0.3) is 0 Å². The minimum Gasteiger partial charge on any atom is -0.392 e. The number of hydrogen-bond donors (Lipinski definition) is 1. The van der Waals surface area contributed by atoms with Crippen molar-refractivity contribution in [1.82, 2.24) is 9.97 Å². The van der Waals surface area contributed by atoms with Crippen LogP contribution in [0.4, 0.5) is 0 Å². The van der Waals surface area contributed by atoms with Crippen molar-refractivity contribution in [2.45, 2.75) is 30.5 Å². The van der Waals surface area contributed by atoms with E-state index in [0.717, 1.165) is 31.5 Å². The van der Waals surface area contributed by atoms with Crippen LogP contribution in [0.3, 0.4) is 0 Å². The first-order valence-electron chi connectivity index (χ1n) is 5.48. The molecule has 0 spiro atoms. The van der Waals surface area contributed by atoms with Gasteiger partial charge in [-0.1, -0.05) is 6.07 Å². The Morgan fingerprint density at radius 1 is 1.17 bits per heavy atom. The zero-order valence-corrected chi connectivity index (χ0v) is 12.5. The van der Waals surface area contributed by atoms with Crippen molar-refractivity contribution in [2.24, 2.45) is 0 Å². The Morgan fingerprint density at radius 2 is 1.83 bits per heavy atom. The van der Waals surface area contributed by atoms with Crippen LogP contribution in [0.5, 0.6) is 0 Å². The summed E-state index contributed by atoms with van der Waals surface area (Å²) in [5.74, 6) is 0. The lowest BCUT2D eigenvalue weighted by Crippen LogP contribution is -1.93. The Bertz CT molecular complexity index is 555. The Labute approximate surface area is 119 Å². The fourth-order valence-electron chi connectivity index (χ4n) is 1.56. The van der Waals surface area contributed by atoms with Crippen molar-refractivity contribution in [3.8, 4) is 0 Å². The van der Waals surface area contributed by atoms with Gasteiger partial charge in [0, 0.05) is 20.8 Å². The third kappa shape index (κ3) is 3.31. The molecule has 94 valence electrons. The topological polar surface area (TPSA) is 46.0 Å². The number of aliphatic hydroxyl groups is 1. The third-order valence-electron chi connectivity index (χ3n) is 2.34. The van der Waals surface area contributed by atoms with Gasteiger partial charge < -0.3 is 5.11 Å². The second-order valence-corrected chi connectivity index (χ2v) is 5.82. The van der Waals surface area contributed by atoms with Crippen molar-refractivity contribution in [2.75, 3.05) is 0 Å². The minimum atomic E-state index is 0.0452. The molecule has 3 nitrogen and oxygen atoms in total. The molecule has 1 aromatic heterocycles. The van der Waals surface area contributed by atoms with Gasteiger partial charge in [0.1, 0.15) is 0 Å². The second-order valence-electron chi connectivity index (χ2n) is 3.96. The van der Waals surface area contributed by atoms with Gasteiger partial charge in [0.15, 0.2) is 5.16 Å². The average Bonchev–Trinajstić information content (AvgIpc) is 2.30. The lowest BCUT2D eigenvalue weighted by molar-refractivity contribution is 0.281. The molecule has 0 bridgehead atoms. The summed E-state index contributed by atoms with van der Waals surface area (Å²) in [6.07, 6.45) is 0. The van der Waals surface area contributed by atoms with E-state index in [-0.39, 0.29) is 6.61 Å². The van der Waals surface area contributed by atoms with Crippen LogP contribution in [-0.4, -0.2) is 15.1 Å². The Kier molecular flexibility index (Phi) is 4.37. The molecule has 1 heterocycles. The minimum absolute atomic E-state index is 0.0452. The van der Waals surface area contributed by atoms with Crippen LogP contribution in [0.15, 0.2) is 38.8 Å². The first kappa shape index (κ1) is 13.5. The Balaban J connectivity index is 2.28. The molecule has 0 aliphatic carbocycles. The molecule has 0 amide bonds. The van der Waals surface area contributed by atoms with E-state index >= 15 is 0 Å². The van der Waals surface area contributed by atoms with E-state index in [9.17, 15) is 0 Å². The van der Waals surface area contributed by atoms with E-state index in [0.29, 0.717) is 0 Å². The van der Waals surface area contributed by atoms with E-state index in [4.69, 9.17) is 5.11 Å². The summed E-state index contributed by atoms with van der Waals surface area (Å²) in [6, 6.07) is 7.72. The van der Waals surface area contributed by atoms with E-state index in [1.807, 2.05) is 38.1 Å². The summed E-state index contributed by atoms with van der Waals surface area (Å²) < 4.78 is 0.946. The zero-order chi connectivity index (χ0) is 13.1. The number of aryl methyl sites for hydroxylation is 2. The van der Waals surface area contributed by atoms with Gasteiger partial charge >= 0.3 is 0 Å². The highest BCUT2D eigenvalue weighted by molar-refractivity contribution is 9.10. The summed E-state index contributed by atoms with van der Waals surface area (Å²) >= 11 is 5.01. The summed E-state index contributed by atoms with van der Waals surface area (Å²) in [5, 5.41) is 9.80. The maximum absolute atomic E-state index is 9.06. The van der Waals surface area contributed by atoms with Gasteiger partial charge in [-0.15, -0.1) is 0 Å². The number of aromatic nitrogens is 2. The van der Waals surface area contributed by atoms with E-state index < -0.39 is 0 Å². The van der Waals surface area contributed by atoms with Crippen LogP contribution in [0.25, 0.3) is 0 Å². The Hall–Kier alpha value is -0.910. The average molecular weight is 325 g/mol. The predicted octanol–water partition coefficient (Wildman–Crippen LogP) is 3.50. The van der Waals surface area contributed by atoms with E-state index in [1.165, 1.54) is 11.8 Å². The summed E-state index contributed by atoms with van der Waals surface area (Å²) in [4.78, 5) is 9.83. The van der Waals surface area contributed by atoms with Crippen LogP contribution in [0, 0.1) is 13.8 Å². The molecule has 1 aromatic carbocycles. The zero-order valence-electron chi connectivity index (χ0n) is 10.1. The standard InChI is InChI=1S/C13H13BrN2OS/c1-8-5-9(2)16-13(15-8)18-12-4-3-10(7-17)6-11(12)14/h3-6,17H,7H2,1-2H3. The fourth-order valence-corrected chi connectivity index (χ4v) is 3.10. The van der Waals surface area contributed by atoms with Crippen molar-refractivity contribution >= 4 is 27.7 Å². The van der Waals surface area contributed by atoms with Gasteiger partial charge in [-0.25, -0.2) is 9.97 Å². The number of hydrogen-bond acceptors (Lipinski definition) is 4. The van der Waals surface area contributed by atoms with Crippen LogP contribution in [0.2, 0.25) is 0 Å². The highest BCUT2D eigenvalue weighted by atomic mass is 79.9. The van der Waals surface area contributed by atoms with Crippen LogP contribution in [-0.2, 0) is 6.61 Å².